The summed E-state index contributed by atoms with van der Waals surface area (Å²) in [5.74, 6) is -0.210. The van der Waals surface area contributed by atoms with E-state index in [4.69, 9.17) is 4.74 Å². The minimum atomic E-state index is -0.438. The van der Waals surface area contributed by atoms with Crippen LogP contribution in [0.1, 0.15) is 19.8 Å². The number of carbonyl (C=O) groups excluding carboxylic acids is 1. The number of anilines is 1. The Bertz CT molecular complexity index is 468. The quantitative estimate of drug-likeness (QED) is 0.476. The van der Waals surface area contributed by atoms with E-state index >= 15 is 0 Å². The molecule has 0 amide bonds. The molecule has 1 fully saturated rings. The zero-order valence-corrected chi connectivity index (χ0v) is 11.4. The van der Waals surface area contributed by atoms with Gasteiger partial charge in [0.1, 0.15) is 6.20 Å². The summed E-state index contributed by atoms with van der Waals surface area (Å²) >= 11 is 1.07. The summed E-state index contributed by atoms with van der Waals surface area (Å²) in [6.45, 7) is 3.54. The van der Waals surface area contributed by atoms with Crippen LogP contribution in [0, 0.1) is 16.0 Å². The summed E-state index contributed by atoms with van der Waals surface area (Å²) in [5.41, 5.74) is 0. The lowest BCUT2D eigenvalue weighted by Gasteiger charge is -2.30. The second kappa shape index (κ2) is 5.96. The maximum Gasteiger partial charge on any atom is 0.345 e. The van der Waals surface area contributed by atoms with Gasteiger partial charge in [-0.2, -0.15) is 0 Å². The second-order valence-electron chi connectivity index (χ2n) is 4.25. The van der Waals surface area contributed by atoms with Gasteiger partial charge in [-0.05, 0) is 31.1 Å². The van der Waals surface area contributed by atoms with Gasteiger partial charge in [-0.1, -0.05) is 0 Å². The van der Waals surface area contributed by atoms with Gasteiger partial charge in [0.15, 0.2) is 5.13 Å². The Morgan fingerprint density at radius 3 is 2.84 bits per heavy atom. The molecule has 1 aliphatic heterocycles. The Morgan fingerprint density at radius 1 is 1.63 bits per heavy atom. The van der Waals surface area contributed by atoms with Gasteiger partial charge in [-0.3, -0.25) is 14.9 Å². The number of rotatable bonds is 4. The molecule has 1 aromatic rings. The highest BCUT2D eigenvalue weighted by Crippen LogP contribution is 2.31. The Hall–Kier alpha value is -1.70. The van der Waals surface area contributed by atoms with Crippen LogP contribution in [0.5, 0.6) is 0 Å². The number of ether oxygens (including phenoxy) is 1. The van der Waals surface area contributed by atoms with Gasteiger partial charge in [0.25, 0.3) is 0 Å². The smallest absolute Gasteiger partial charge is 0.345 e. The van der Waals surface area contributed by atoms with Gasteiger partial charge in [-0.25, -0.2) is 4.98 Å². The Kier molecular flexibility index (Phi) is 4.31. The van der Waals surface area contributed by atoms with Crippen LogP contribution in [-0.2, 0) is 9.53 Å². The van der Waals surface area contributed by atoms with Crippen molar-refractivity contribution in [1.29, 1.82) is 0 Å². The van der Waals surface area contributed by atoms with Crippen molar-refractivity contribution in [3.8, 4) is 0 Å². The average Bonchev–Trinajstić information content (AvgIpc) is 2.89. The first-order valence-electron chi connectivity index (χ1n) is 6.13. The standard InChI is InChI=1S/C11H15N3O4S/c1-2-18-10(15)8-3-5-13(6-4-8)11-12-7-9(19-11)14(16)17/h7-8H,2-6H2,1H3. The zero-order valence-electron chi connectivity index (χ0n) is 10.6. The third kappa shape index (κ3) is 3.19. The molecule has 0 aromatic carbocycles. The summed E-state index contributed by atoms with van der Waals surface area (Å²) < 4.78 is 5.00. The minimum absolute atomic E-state index is 0.0440. The first-order valence-corrected chi connectivity index (χ1v) is 6.95. The Labute approximate surface area is 114 Å². The van der Waals surface area contributed by atoms with Crippen LogP contribution in [0.15, 0.2) is 6.20 Å². The Balaban J connectivity index is 1.92. The van der Waals surface area contributed by atoms with Crippen molar-refractivity contribution in [3.63, 3.8) is 0 Å². The fourth-order valence-corrected chi connectivity index (χ4v) is 2.84. The molecule has 1 aromatic heterocycles. The van der Waals surface area contributed by atoms with E-state index in [0.29, 0.717) is 37.7 Å². The molecule has 0 radical (unpaired) electrons. The lowest BCUT2D eigenvalue weighted by Crippen LogP contribution is -2.36. The third-order valence-electron chi connectivity index (χ3n) is 3.05. The van der Waals surface area contributed by atoms with E-state index in [0.717, 1.165) is 11.3 Å². The van der Waals surface area contributed by atoms with Crippen molar-refractivity contribution in [2.75, 3.05) is 24.6 Å². The fourth-order valence-electron chi connectivity index (χ4n) is 2.05. The minimum Gasteiger partial charge on any atom is -0.466 e. The SMILES string of the molecule is CCOC(=O)C1CCN(c2ncc([N+](=O)[O-])s2)CC1. The van der Waals surface area contributed by atoms with Gasteiger partial charge >= 0.3 is 11.0 Å². The van der Waals surface area contributed by atoms with Gasteiger partial charge in [0, 0.05) is 13.1 Å². The lowest BCUT2D eigenvalue weighted by atomic mass is 9.97. The third-order valence-corrected chi connectivity index (χ3v) is 4.06. The number of carbonyl (C=O) groups is 1. The molecular formula is C11H15N3O4S. The molecule has 1 aliphatic rings. The van der Waals surface area contributed by atoms with Crippen molar-refractivity contribution in [2.24, 2.45) is 5.92 Å². The van der Waals surface area contributed by atoms with E-state index < -0.39 is 4.92 Å². The molecule has 1 saturated heterocycles. The maximum atomic E-state index is 11.6. The molecule has 0 unspecified atom stereocenters. The fraction of sp³-hybridized carbons (Fsp3) is 0.636. The van der Waals surface area contributed by atoms with Gasteiger partial charge in [-0.15, -0.1) is 0 Å². The van der Waals surface area contributed by atoms with Gasteiger partial charge in [0.2, 0.25) is 0 Å². The van der Waals surface area contributed by atoms with Gasteiger partial charge < -0.3 is 9.64 Å². The molecular weight excluding hydrogens is 270 g/mol. The lowest BCUT2D eigenvalue weighted by molar-refractivity contribution is -0.380. The van der Waals surface area contributed by atoms with Crippen LogP contribution < -0.4 is 4.90 Å². The highest BCUT2D eigenvalue weighted by Gasteiger charge is 2.27. The molecule has 0 N–H and O–H groups in total. The number of hydrogen-bond acceptors (Lipinski definition) is 7. The molecule has 0 bridgehead atoms. The van der Waals surface area contributed by atoms with E-state index in [1.54, 1.807) is 6.92 Å². The monoisotopic (exact) mass is 285 g/mol. The summed E-state index contributed by atoms with van der Waals surface area (Å²) in [6.07, 6.45) is 2.68. The molecule has 0 saturated carbocycles. The number of thiazole rings is 1. The highest BCUT2D eigenvalue weighted by molar-refractivity contribution is 7.18. The normalized spacial score (nSPS) is 16.4. The zero-order chi connectivity index (χ0) is 13.8. The molecule has 0 aliphatic carbocycles. The van der Waals surface area contributed by atoms with Crippen LogP contribution in [0.3, 0.4) is 0 Å². The van der Waals surface area contributed by atoms with Crippen molar-refractivity contribution >= 4 is 27.4 Å². The Morgan fingerprint density at radius 2 is 2.32 bits per heavy atom. The molecule has 2 rings (SSSR count). The van der Waals surface area contributed by atoms with Crippen LogP contribution in [0.2, 0.25) is 0 Å². The van der Waals surface area contributed by atoms with Crippen molar-refractivity contribution < 1.29 is 14.5 Å². The average molecular weight is 285 g/mol. The molecule has 19 heavy (non-hydrogen) atoms. The first kappa shape index (κ1) is 13.7. The number of nitrogens with zero attached hydrogens (tertiary/aromatic N) is 3. The number of aromatic nitrogens is 1. The van der Waals surface area contributed by atoms with Gasteiger partial charge in [0.05, 0.1) is 17.4 Å². The predicted molar refractivity (Wildman–Crippen MR) is 70.3 cm³/mol. The molecule has 0 atom stereocenters. The van der Waals surface area contributed by atoms with E-state index in [-0.39, 0.29) is 16.9 Å². The van der Waals surface area contributed by atoms with Crippen molar-refractivity contribution in [2.45, 2.75) is 19.8 Å². The van der Waals surface area contributed by atoms with Crippen LogP contribution >= 0.6 is 11.3 Å². The molecule has 104 valence electrons. The van der Waals surface area contributed by atoms with Crippen LogP contribution in [-0.4, -0.2) is 35.6 Å². The predicted octanol–water partition coefficient (Wildman–Crippen LogP) is 1.83. The highest BCUT2D eigenvalue weighted by atomic mass is 32.1. The summed E-state index contributed by atoms with van der Waals surface area (Å²) in [5, 5.41) is 11.3. The molecule has 2 heterocycles. The van der Waals surface area contributed by atoms with Crippen molar-refractivity contribution in [3.05, 3.63) is 16.3 Å². The number of esters is 1. The number of nitro groups is 1. The van der Waals surface area contributed by atoms with Crippen LogP contribution in [0.25, 0.3) is 0 Å². The summed E-state index contributed by atoms with van der Waals surface area (Å²) in [6, 6.07) is 0. The first-order chi connectivity index (χ1) is 9.11. The second-order valence-corrected chi connectivity index (χ2v) is 5.24. The maximum absolute atomic E-state index is 11.6. The van der Waals surface area contributed by atoms with E-state index in [9.17, 15) is 14.9 Å². The van der Waals surface area contributed by atoms with Crippen LogP contribution in [0.4, 0.5) is 10.1 Å². The molecule has 8 heteroatoms. The van der Waals surface area contributed by atoms with E-state index in [2.05, 4.69) is 4.98 Å². The summed E-state index contributed by atoms with van der Waals surface area (Å²) in [4.78, 5) is 27.8. The number of hydrogen-bond donors (Lipinski definition) is 0. The summed E-state index contributed by atoms with van der Waals surface area (Å²) in [7, 11) is 0. The largest absolute Gasteiger partial charge is 0.466 e. The molecule has 0 spiro atoms. The number of piperidine rings is 1. The topological polar surface area (TPSA) is 85.6 Å². The van der Waals surface area contributed by atoms with E-state index in [1.807, 2.05) is 4.90 Å². The van der Waals surface area contributed by atoms with Crippen molar-refractivity contribution in [1.82, 2.24) is 4.98 Å². The molecule has 7 nitrogen and oxygen atoms in total. The van der Waals surface area contributed by atoms with E-state index in [1.165, 1.54) is 6.20 Å².